The number of halogens is 1. The average Bonchev–Trinajstić information content (AvgIpc) is 3.07. The van der Waals surface area contributed by atoms with Crippen LogP contribution < -0.4 is 24.8 Å². The predicted molar refractivity (Wildman–Crippen MR) is 149 cm³/mol. The van der Waals surface area contributed by atoms with Gasteiger partial charge in [0.15, 0.2) is 28.8 Å². The van der Waals surface area contributed by atoms with Gasteiger partial charge in [-0.1, -0.05) is 29.8 Å². The van der Waals surface area contributed by atoms with Crippen molar-refractivity contribution in [1.82, 2.24) is 0 Å². The van der Waals surface area contributed by atoms with Crippen LogP contribution in [0.5, 0.6) is 23.0 Å². The first-order chi connectivity index (χ1) is 18.3. The molecule has 2 unspecified atom stereocenters. The Morgan fingerprint density at radius 1 is 0.921 bits per heavy atom. The molecule has 0 aromatic heterocycles. The molecule has 2 atom stereocenters. The molecule has 0 saturated carbocycles. The molecule has 198 valence electrons. The number of ketones is 1. The quantitative estimate of drug-likeness (QED) is 0.319. The fourth-order valence-corrected chi connectivity index (χ4v) is 5.40. The number of methoxy groups -OCH3 is 2. The topological polar surface area (TPSA) is 89.1 Å². The minimum Gasteiger partial charge on any atom is -0.503 e. The lowest BCUT2D eigenvalue weighted by molar-refractivity contribution is -0.116. The molecule has 3 aromatic rings. The highest BCUT2D eigenvalue weighted by Gasteiger charge is 2.37. The standard InChI is InChI=1S/C30H31ClN2O5/c1-16(2)38-25-10-9-17(14-26(25)36-3)18-12-23-28(24(34)13-18)29(33-22-8-6-5-7-21(22)32-23)19-11-20(31)30(35)27(15-19)37-4/h5-11,14-16,18,29,32-33,35H,12-13H2,1-4H3. The molecule has 0 saturated heterocycles. The summed E-state index contributed by atoms with van der Waals surface area (Å²) < 4.78 is 16.8. The average molecular weight is 535 g/mol. The molecule has 7 nitrogen and oxygen atoms in total. The van der Waals surface area contributed by atoms with Crippen LogP contribution in [0.2, 0.25) is 5.02 Å². The van der Waals surface area contributed by atoms with Crippen LogP contribution in [0.25, 0.3) is 0 Å². The number of carbonyl (C=O) groups is 1. The van der Waals surface area contributed by atoms with E-state index in [0.717, 1.165) is 28.2 Å². The maximum Gasteiger partial charge on any atom is 0.176 e. The van der Waals surface area contributed by atoms with Gasteiger partial charge in [-0.15, -0.1) is 0 Å². The number of allylic oxidation sites excluding steroid dienone is 1. The number of phenols is 1. The van der Waals surface area contributed by atoms with Crippen LogP contribution in [0.3, 0.4) is 0 Å². The number of aromatic hydroxyl groups is 1. The van der Waals surface area contributed by atoms with Crippen molar-refractivity contribution in [2.75, 3.05) is 24.9 Å². The van der Waals surface area contributed by atoms with Crippen LogP contribution in [0.4, 0.5) is 11.4 Å². The Kier molecular flexibility index (Phi) is 7.13. The summed E-state index contributed by atoms with van der Waals surface area (Å²) in [4.78, 5) is 13.9. The molecule has 8 heteroatoms. The van der Waals surface area contributed by atoms with Crippen molar-refractivity contribution in [3.63, 3.8) is 0 Å². The van der Waals surface area contributed by atoms with Crippen LogP contribution in [-0.2, 0) is 4.79 Å². The highest BCUT2D eigenvalue weighted by Crippen LogP contribution is 2.47. The Bertz CT molecular complexity index is 1420. The zero-order valence-electron chi connectivity index (χ0n) is 21.8. The summed E-state index contributed by atoms with van der Waals surface area (Å²) in [6.45, 7) is 3.94. The van der Waals surface area contributed by atoms with E-state index in [1.54, 1.807) is 19.2 Å². The predicted octanol–water partition coefficient (Wildman–Crippen LogP) is 6.83. The first-order valence-electron chi connectivity index (χ1n) is 12.6. The number of Topliss-reactive ketones (excluding diaryl/α,β-unsaturated/α-hetero) is 1. The van der Waals surface area contributed by atoms with Gasteiger partial charge in [0.05, 0.1) is 42.8 Å². The number of nitrogens with one attached hydrogen (secondary N) is 2. The Morgan fingerprint density at radius 3 is 2.34 bits per heavy atom. The van der Waals surface area contributed by atoms with E-state index < -0.39 is 6.04 Å². The summed E-state index contributed by atoms with van der Waals surface area (Å²) in [7, 11) is 3.09. The third kappa shape index (κ3) is 4.86. The van der Waals surface area contributed by atoms with Crippen LogP contribution in [0.1, 0.15) is 49.8 Å². The molecule has 1 aliphatic carbocycles. The number of hydrogen-bond acceptors (Lipinski definition) is 7. The minimum absolute atomic E-state index is 0.0189. The smallest absolute Gasteiger partial charge is 0.176 e. The number of rotatable bonds is 6. The zero-order chi connectivity index (χ0) is 27.0. The SMILES string of the molecule is COc1cc(C2CC(=O)C3=C(C2)Nc2ccccc2NC3c2cc(Cl)c(O)c(OC)c2)ccc1OC(C)C. The van der Waals surface area contributed by atoms with E-state index in [-0.39, 0.29) is 34.3 Å². The number of hydrogen-bond donors (Lipinski definition) is 3. The number of fused-ring (bicyclic) bond motifs is 1. The number of para-hydroxylation sites is 2. The van der Waals surface area contributed by atoms with Crippen molar-refractivity contribution in [3.05, 3.63) is 82.0 Å². The monoisotopic (exact) mass is 534 g/mol. The molecule has 2 aliphatic rings. The number of phenolic OH excluding ortho intramolecular Hbond substituents is 1. The van der Waals surface area contributed by atoms with Gasteiger partial charge in [-0.05, 0) is 73.7 Å². The van der Waals surface area contributed by atoms with E-state index >= 15 is 0 Å². The molecule has 1 aliphatic heterocycles. The molecule has 5 rings (SSSR count). The van der Waals surface area contributed by atoms with E-state index in [4.69, 9.17) is 25.8 Å². The fourth-order valence-electron chi connectivity index (χ4n) is 5.18. The number of carbonyl (C=O) groups excluding carboxylic acids is 1. The van der Waals surface area contributed by atoms with Crippen molar-refractivity contribution in [3.8, 4) is 23.0 Å². The molecule has 0 amide bonds. The van der Waals surface area contributed by atoms with Gasteiger partial charge < -0.3 is 30.0 Å². The third-order valence-electron chi connectivity index (χ3n) is 6.93. The number of anilines is 2. The maximum atomic E-state index is 13.9. The van der Waals surface area contributed by atoms with Gasteiger partial charge in [-0.2, -0.15) is 0 Å². The van der Waals surface area contributed by atoms with Gasteiger partial charge in [-0.3, -0.25) is 4.79 Å². The first kappa shape index (κ1) is 25.8. The second kappa shape index (κ2) is 10.5. The highest BCUT2D eigenvalue weighted by molar-refractivity contribution is 6.32. The van der Waals surface area contributed by atoms with Gasteiger partial charge in [-0.25, -0.2) is 0 Å². The minimum atomic E-state index is -0.488. The van der Waals surface area contributed by atoms with Crippen molar-refractivity contribution >= 4 is 28.8 Å². The number of ether oxygens (including phenoxy) is 3. The van der Waals surface area contributed by atoms with E-state index in [1.807, 2.05) is 56.3 Å². The highest BCUT2D eigenvalue weighted by atomic mass is 35.5. The molecular formula is C30H31ClN2O5. The van der Waals surface area contributed by atoms with Gasteiger partial charge in [0.2, 0.25) is 0 Å². The van der Waals surface area contributed by atoms with E-state index in [0.29, 0.717) is 29.9 Å². The van der Waals surface area contributed by atoms with Crippen molar-refractivity contribution in [1.29, 1.82) is 0 Å². The lowest BCUT2D eigenvalue weighted by atomic mass is 9.78. The summed E-state index contributed by atoms with van der Waals surface area (Å²) in [5.41, 5.74) is 4.96. The van der Waals surface area contributed by atoms with E-state index in [2.05, 4.69) is 10.6 Å². The Hall–Kier alpha value is -3.84. The van der Waals surface area contributed by atoms with E-state index in [9.17, 15) is 9.90 Å². The van der Waals surface area contributed by atoms with Crippen LogP contribution in [0, 0.1) is 0 Å². The fraction of sp³-hybridized carbons (Fsp3) is 0.300. The molecule has 1 heterocycles. The second-order valence-corrected chi connectivity index (χ2v) is 10.2. The van der Waals surface area contributed by atoms with E-state index in [1.165, 1.54) is 7.11 Å². The normalized spacial score (nSPS) is 18.6. The Morgan fingerprint density at radius 2 is 1.63 bits per heavy atom. The third-order valence-corrected chi connectivity index (χ3v) is 7.22. The van der Waals surface area contributed by atoms with Crippen LogP contribution in [0.15, 0.2) is 65.9 Å². The van der Waals surface area contributed by atoms with Crippen LogP contribution in [-0.4, -0.2) is 31.2 Å². The van der Waals surface area contributed by atoms with Crippen molar-refractivity contribution in [2.45, 2.75) is 44.8 Å². The van der Waals surface area contributed by atoms with Gasteiger partial charge >= 0.3 is 0 Å². The molecule has 3 aromatic carbocycles. The molecular weight excluding hydrogens is 504 g/mol. The molecule has 0 bridgehead atoms. The summed E-state index contributed by atoms with van der Waals surface area (Å²) in [5.74, 6) is 1.43. The molecule has 3 N–H and O–H groups in total. The Balaban J connectivity index is 1.58. The first-order valence-corrected chi connectivity index (χ1v) is 13.0. The van der Waals surface area contributed by atoms with Crippen molar-refractivity contribution < 1.29 is 24.1 Å². The van der Waals surface area contributed by atoms with Gasteiger partial charge in [0.25, 0.3) is 0 Å². The maximum absolute atomic E-state index is 13.9. The van der Waals surface area contributed by atoms with Crippen molar-refractivity contribution in [2.24, 2.45) is 0 Å². The van der Waals surface area contributed by atoms with Crippen LogP contribution >= 0.6 is 11.6 Å². The summed E-state index contributed by atoms with van der Waals surface area (Å²) in [5, 5.41) is 17.5. The largest absolute Gasteiger partial charge is 0.503 e. The van der Waals surface area contributed by atoms with Gasteiger partial charge in [0.1, 0.15) is 0 Å². The summed E-state index contributed by atoms with van der Waals surface area (Å²) in [6, 6.07) is 16.6. The lowest BCUT2D eigenvalue weighted by Crippen LogP contribution is -2.27. The summed E-state index contributed by atoms with van der Waals surface area (Å²) >= 11 is 6.35. The Labute approximate surface area is 227 Å². The molecule has 0 radical (unpaired) electrons. The molecule has 38 heavy (non-hydrogen) atoms. The second-order valence-electron chi connectivity index (χ2n) is 9.80. The zero-order valence-corrected chi connectivity index (χ0v) is 22.6. The summed E-state index contributed by atoms with van der Waals surface area (Å²) in [6.07, 6.45) is 0.987. The molecule has 0 spiro atoms. The number of benzene rings is 3. The molecule has 0 fully saturated rings. The van der Waals surface area contributed by atoms with Gasteiger partial charge in [0, 0.05) is 17.7 Å². The lowest BCUT2D eigenvalue weighted by Gasteiger charge is -2.30.